The first-order chi connectivity index (χ1) is 8.22. The van der Waals surface area contributed by atoms with Crippen LogP contribution in [0.5, 0.6) is 5.75 Å². The van der Waals surface area contributed by atoms with Crippen molar-refractivity contribution in [1.82, 2.24) is 0 Å². The van der Waals surface area contributed by atoms with Gasteiger partial charge >= 0.3 is 5.97 Å². The Morgan fingerprint density at radius 1 is 1.24 bits per heavy atom. The van der Waals surface area contributed by atoms with Crippen molar-refractivity contribution in [3.8, 4) is 5.75 Å². The van der Waals surface area contributed by atoms with E-state index in [1.54, 1.807) is 0 Å². The minimum atomic E-state index is -0.376. The van der Waals surface area contributed by atoms with Gasteiger partial charge in [0.15, 0.2) is 0 Å². The van der Waals surface area contributed by atoms with E-state index in [1.165, 1.54) is 6.08 Å². The third-order valence-electron chi connectivity index (χ3n) is 2.03. The molecule has 0 atom stereocenters. The summed E-state index contributed by atoms with van der Waals surface area (Å²) in [5, 5.41) is 0. The van der Waals surface area contributed by atoms with Gasteiger partial charge < -0.3 is 9.47 Å². The average molecular weight is 299 g/mol. The number of carbonyl (C=O) groups is 1. The van der Waals surface area contributed by atoms with Gasteiger partial charge in [-0.15, -0.1) is 0 Å². The zero-order valence-electron chi connectivity index (χ0n) is 9.52. The van der Waals surface area contributed by atoms with Crippen LogP contribution in [0.25, 0.3) is 0 Å². The predicted molar refractivity (Wildman–Crippen MR) is 70.0 cm³/mol. The second-order valence-electron chi connectivity index (χ2n) is 3.38. The van der Waals surface area contributed by atoms with Crippen LogP contribution >= 0.6 is 15.9 Å². The summed E-state index contributed by atoms with van der Waals surface area (Å²) in [7, 11) is 0. The Hall–Kier alpha value is -1.29. The molecule has 0 heterocycles. The molecule has 0 saturated heterocycles. The van der Waals surface area contributed by atoms with E-state index in [0.29, 0.717) is 13.2 Å². The second-order valence-corrected chi connectivity index (χ2v) is 4.30. The molecular weight excluding hydrogens is 284 g/mol. The first-order valence-corrected chi connectivity index (χ1v) is 6.19. The molecule has 0 aromatic heterocycles. The number of halogens is 1. The molecule has 3 nitrogen and oxygen atoms in total. The third-order valence-corrected chi connectivity index (χ3v) is 2.56. The Bertz CT molecular complexity index is 359. The third kappa shape index (κ3) is 6.12. The largest absolute Gasteiger partial charge is 0.494 e. The Labute approximate surface area is 110 Å². The molecule has 0 spiro atoms. The Morgan fingerprint density at radius 2 is 1.88 bits per heavy atom. The SMILES string of the molecule is C=CC(=O)OCCCCOc1ccc(Br)cc1. The van der Waals surface area contributed by atoms with Gasteiger partial charge in [0, 0.05) is 10.5 Å². The van der Waals surface area contributed by atoms with Crippen LogP contribution in [-0.4, -0.2) is 19.2 Å². The van der Waals surface area contributed by atoms with Crippen LogP contribution in [0.1, 0.15) is 12.8 Å². The van der Waals surface area contributed by atoms with Gasteiger partial charge in [0.05, 0.1) is 13.2 Å². The molecule has 1 aromatic carbocycles. The zero-order chi connectivity index (χ0) is 12.5. The van der Waals surface area contributed by atoms with Crippen LogP contribution in [0, 0.1) is 0 Å². The normalized spacial score (nSPS) is 9.71. The van der Waals surface area contributed by atoms with Crippen molar-refractivity contribution in [2.24, 2.45) is 0 Å². The molecule has 0 aliphatic carbocycles. The Morgan fingerprint density at radius 3 is 2.53 bits per heavy atom. The Kier molecular flexibility index (Phi) is 6.40. The zero-order valence-corrected chi connectivity index (χ0v) is 11.1. The number of unbranched alkanes of at least 4 members (excludes halogenated alkanes) is 1. The topological polar surface area (TPSA) is 35.5 Å². The van der Waals surface area contributed by atoms with Gasteiger partial charge in [-0.05, 0) is 37.1 Å². The number of carbonyl (C=O) groups excluding carboxylic acids is 1. The summed E-state index contributed by atoms with van der Waals surface area (Å²) in [5.74, 6) is 0.468. The van der Waals surface area contributed by atoms with E-state index in [2.05, 4.69) is 22.5 Å². The lowest BCUT2D eigenvalue weighted by molar-refractivity contribution is -0.137. The fraction of sp³-hybridized carbons (Fsp3) is 0.308. The number of benzene rings is 1. The van der Waals surface area contributed by atoms with E-state index in [9.17, 15) is 4.79 Å². The highest BCUT2D eigenvalue weighted by Crippen LogP contribution is 2.16. The van der Waals surface area contributed by atoms with E-state index in [1.807, 2.05) is 24.3 Å². The monoisotopic (exact) mass is 298 g/mol. The van der Waals surface area contributed by atoms with Crippen LogP contribution in [0.15, 0.2) is 41.4 Å². The molecule has 0 fully saturated rings. The molecule has 0 N–H and O–H groups in total. The molecule has 0 bridgehead atoms. The van der Waals surface area contributed by atoms with Crippen LogP contribution in [0.3, 0.4) is 0 Å². The molecule has 1 rings (SSSR count). The van der Waals surface area contributed by atoms with Crippen molar-refractivity contribution in [3.63, 3.8) is 0 Å². The van der Waals surface area contributed by atoms with Crippen molar-refractivity contribution in [1.29, 1.82) is 0 Å². The van der Waals surface area contributed by atoms with Crippen molar-refractivity contribution < 1.29 is 14.3 Å². The maximum atomic E-state index is 10.7. The molecule has 92 valence electrons. The highest BCUT2D eigenvalue weighted by atomic mass is 79.9. The van der Waals surface area contributed by atoms with Gasteiger partial charge in [0.2, 0.25) is 0 Å². The summed E-state index contributed by atoms with van der Waals surface area (Å²) in [4.78, 5) is 10.7. The summed E-state index contributed by atoms with van der Waals surface area (Å²) in [6.45, 7) is 4.35. The lowest BCUT2D eigenvalue weighted by Gasteiger charge is -2.06. The quantitative estimate of drug-likeness (QED) is 0.440. The minimum Gasteiger partial charge on any atom is -0.494 e. The number of hydrogen-bond acceptors (Lipinski definition) is 3. The molecule has 0 radical (unpaired) electrons. The molecule has 0 unspecified atom stereocenters. The van der Waals surface area contributed by atoms with Gasteiger partial charge in [-0.2, -0.15) is 0 Å². The fourth-order valence-electron chi connectivity index (χ4n) is 1.16. The van der Waals surface area contributed by atoms with Crippen molar-refractivity contribution in [2.75, 3.05) is 13.2 Å². The van der Waals surface area contributed by atoms with Gasteiger partial charge in [0.25, 0.3) is 0 Å². The highest BCUT2D eigenvalue weighted by molar-refractivity contribution is 9.10. The molecular formula is C13H15BrO3. The number of esters is 1. The highest BCUT2D eigenvalue weighted by Gasteiger charge is 1.96. The smallest absolute Gasteiger partial charge is 0.330 e. The fourth-order valence-corrected chi connectivity index (χ4v) is 1.42. The summed E-state index contributed by atoms with van der Waals surface area (Å²) in [5.41, 5.74) is 0. The van der Waals surface area contributed by atoms with Crippen LogP contribution in [-0.2, 0) is 9.53 Å². The number of rotatable bonds is 7. The van der Waals surface area contributed by atoms with E-state index in [4.69, 9.17) is 9.47 Å². The summed E-state index contributed by atoms with van der Waals surface area (Å²) < 4.78 is 11.4. The molecule has 0 aliphatic rings. The van der Waals surface area contributed by atoms with E-state index in [0.717, 1.165) is 23.1 Å². The lowest BCUT2D eigenvalue weighted by atomic mass is 10.3. The second kappa shape index (κ2) is 7.90. The molecule has 0 saturated carbocycles. The number of ether oxygens (including phenoxy) is 2. The molecule has 1 aromatic rings. The molecule has 4 heteroatoms. The van der Waals surface area contributed by atoms with Gasteiger partial charge in [-0.3, -0.25) is 0 Å². The maximum Gasteiger partial charge on any atom is 0.330 e. The van der Waals surface area contributed by atoms with Crippen molar-refractivity contribution in [2.45, 2.75) is 12.8 Å². The lowest BCUT2D eigenvalue weighted by Crippen LogP contribution is -2.04. The van der Waals surface area contributed by atoms with Crippen molar-refractivity contribution in [3.05, 3.63) is 41.4 Å². The van der Waals surface area contributed by atoms with E-state index >= 15 is 0 Å². The standard InChI is InChI=1S/C13H15BrO3/c1-2-13(15)17-10-4-3-9-16-12-7-5-11(14)6-8-12/h2,5-8H,1,3-4,9-10H2. The molecule has 0 amide bonds. The first kappa shape index (κ1) is 13.8. The summed E-state index contributed by atoms with van der Waals surface area (Å²) in [6, 6.07) is 7.67. The Balaban J connectivity index is 2.06. The van der Waals surface area contributed by atoms with Gasteiger partial charge in [-0.25, -0.2) is 4.79 Å². The predicted octanol–water partition coefficient (Wildman–Crippen LogP) is 3.34. The van der Waals surface area contributed by atoms with Crippen molar-refractivity contribution >= 4 is 21.9 Å². The minimum absolute atomic E-state index is 0.376. The van der Waals surface area contributed by atoms with Crippen LogP contribution in [0.2, 0.25) is 0 Å². The maximum absolute atomic E-state index is 10.7. The van der Waals surface area contributed by atoms with E-state index < -0.39 is 0 Å². The molecule has 0 aliphatic heterocycles. The first-order valence-electron chi connectivity index (χ1n) is 5.40. The van der Waals surface area contributed by atoms with E-state index in [-0.39, 0.29) is 5.97 Å². The number of hydrogen-bond donors (Lipinski definition) is 0. The van der Waals surface area contributed by atoms with Gasteiger partial charge in [-0.1, -0.05) is 22.5 Å². The molecule has 17 heavy (non-hydrogen) atoms. The average Bonchev–Trinajstić information content (AvgIpc) is 2.35. The van der Waals surface area contributed by atoms with Crippen LogP contribution < -0.4 is 4.74 Å². The summed E-state index contributed by atoms with van der Waals surface area (Å²) in [6.07, 6.45) is 2.80. The van der Waals surface area contributed by atoms with Gasteiger partial charge in [0.1, 0.15) is 5.75 Å². The van der Waals surface area contributed by atoms with Crippen LogP contribution in [0.4, 0.5) is 0 Å². The summed E-state index contributed by atoms with van der Waals surface area (Å²) >= 11 is 3.36.